The molecule has 4 nitrogen and oxygen atoms in total. The molecule has 1 aromatic carbocycles. The van der Waals surface area contributed by atoms with Crippen LogP contribution in [0.15, 0.2) is 36.7 Å². The zero-order valence-corrected chi connectivity index (χ0v) is 12.4. The molecule has 0 saturated heterocycles. The summed E-state index contributed by atoms with van der Waals surface area (Å²) in [7, 11) is 0. The van der Waals surface area contributed by atoms with Gasteiger partial charge in [0, 0.05) is 16.0 Å². The summed E-state index contributed by atoms with van der Waals surface area (Å²) < 4.78 is 0.783. The Hall–Kier alpha value is -1.85. The van der Waals surface area contributed by atoms with Gasteiger partial charge in [0.05, 0.1) is 15.9 Å². The van der Waals surface area contributed by atoms with E-state index in [2.05, 4.69) is 22.2 Å². The van der Waals surface area contributed by atoms with E-state index in [1.807, 2.05) is 30.3 Å². The smallest absolute Gasteiger partial charge is 0.137 e. The minimum absolute atomic E-state index is 0.118. The van der Waals surface area contributed by atoms with Crippen LogP contribution in [0.25, 0.3) is 10.9 Å². The maximum absolute atomic E-state index is 5.97. The van der Waals surface area contributed by atoms with Crippen LogP contribution in [0, 0.1) is 0 Å². The summed E-state index contributed by atoms with van der Waals surface area (Å²) in [4.78, 5) is 9.71. The van der Waals surface area contributed by atoms with Crippen molar-refractivity contribution in [1.29, 1.82) is 0 Å². The number of rotatable bonds is 3. The molecule has 102 valence electrons. The lowest BCUT2D eigenvalue weighted by Gasteiger charge is -2.14. The van der Waals surface area contributed by atoms with Gasteiger partial charge < -0.3 is 11.1 Å². The van der Waals surface area contributed by atoms with Crippen LogP contribution in [0.5, 0.6) is 0 Å². The van der Waals surface area contributed by atoms with Gasteiger partial charge in [0.25, 0.3) is 0 Å². The van der Waals surface area contributed by atoms with E-state index in [0.717, 1.165) is 25.9 Å². The van der Waals surface area contributed by atoms with E-state index in [-0.39, 0.29) is 6.04 Å². The Morgan fingerprint density at radius 2 is 2.10 bits per heavy atom. The Morgan fingerprint density at radius 3 is 2.85 bits per heavy atom. The normalized spacial score (nSPS) is 12.5. The molecule has 0 fully saturated rings. The molecule has 0 spiro atoms. The van der Waals surface area contributed by atoms with Crippen molar-refractivity contribution in [2.45, 2.75) is 13.0 Å². The van der Waals surface area contributed by atoms with Crippen molar-refractivity contribution in [3.05, 3.63) is 45.9 Å². The molecule has 1 unspecified atom stereocenters. The van der Waals surface area contributed by atoms with Gasteiger partial charge in [0.1, 0.15) is 12.1 Å². The highest BCUT2D eigenvalue weighted by Crippen LogP contribution is 2.30. The second-order valence-corrected chi connectivity index (χ2v) is 6.25. The second-order valence-electron chi connectivity index (χ2n) is 4.51. The molecule has 0 aliphatic heterocycles. The standard InChI is InChI=1S/C14H13ClN4S/c1-8(12-4-5-13(15)20-12)19-14-10-6-9(16)2-3-11(10)17-7-18-14/h2-8H,16H2,1H3,(H,17,18,19). The third-order valence-corrected chi connectivity index (χ3v) is 4.45. The van der Waals surface area contributed by atoms with Crippen LogP contribution >= 0.6 is 22.9 Å². The van der Waals surface area contributed by atoms with Gasteiger partial charge in [-0.3, -0.25) is 0 Å². The number of hydrogen-bond donors (Lipinski definition) is 2. The van der Waals surface area contributed by atoms with E-state index >= 15 is 0 Å². The minimum atomic E-state index is 0.118. The summed E-state index contributed by atoms with van der Waals surface area (Å²) in [6.45, 7) is 2.07. The number of fused-ring (bicyclic) bond motifs is 1. The SMILES string of the molecule is CC(Nc1ncnc2ccc(N)cc12)c1ccc(Cl)s1. The third-order valence-electron chi connectivity index (χ3n) is 3.03. The third kappa shape index (κ3) is 2.55. The number of anilines is 2. The number of halogens is 1. The molecule has 3 rings (SSSR count). The summed E-state index contributed by atoms with van der Waals surface area (Å²) in [6.07, 6.45) is 1.55. The number of nitrogens with two attached hydrogens (primary N) is 1. The lowest BCUT2D eigenvalue weighted by atomic mass is 10.2. The molecule has 0 bridgehead atoms. The quantitative estimate of drug-likeness (QED) is 0.715. The van der Waals surface area contributed by atoms with E-state index in [4.69, 9.17) is 17.3 Å². The van der Waals surface area contributed by atoms with Crippen molar-refractivity contribution >= 4 is 45.3 Å². The predicted molar refractivity (Wildman–Crippen MR) is 85.3 cm³/mol. The van der Waals surface area contributed by atoms with Crippen LogP contribution in [0.2, 0.25) is 4.34 Å². The van der Waals surface area contributed by atoms with Crippen LogP contribution in [0.3, 0.4) is 0 Å². The Bertz CT molecular complexity index is 756. The molecule has 3 N–H and O–H groups in total. The van der Waals surface area contributed by atoms with Crippen LogP contribution in [-0.2, 0) is 0 Å². The maximum atomic E-state index is 5.97. The van der Waals surface area contributed by atoms with Gasteiger partial charge in [-0.25, -0.2) is 9.97 Å². The second kappa shape index (κ2) is 5.26. The topological polar surface area (TPSA) is 63.8 Å². The highest BCUT2D eigenvalue weighted by Gasteiger charge is 2.11. The maximum Gasteiger partial charge on any atom is 0.137 e. The number of aromatic nitrogens is 2. The van der Waals surface area contributed by atoms with Crippen LogP contribution < -0.4 is 11.1 Å². The van der Waals surface area contributed by atoms with E-state index in [1.165, 1.54) is 0 Å². The fraction of sp³-hybridized carbons (Fsp3) is 0.143. The first kappa shape index (κ1) is 13.1. The number of nitrogens with one attached hydrogen (secondary N) is 1. The molecule has 0 radical (unpaired) electrons. The van der Waals surface area contributed by atoms with Crippen molar-refractivity contribution in [1.82, 2.24) is 9.97 Å². The lowest BCUT2D eigenvalue weighted by Crippen LogP contribution is -2.07. The Balaban J connectivity index is 1.96. The van der Waals surface area contributed by atoms with Crippen LogP contribution in [0.1, 0.15) is 17.8 Å². The molecule has 0 aliphatic carbocycles. The zero-order valence-electron chi connectivity index (χ0n) is 10.8. The fourth-order valence-corrected chi connectivity index (χ4v) is 3.09. The molecule has 0 amide bonds. The Labute approximate surface area is 125 Å². The van der Waals surface area contributed by atoms with E-state index < -0.39 is 0 Å². The number of nitrogen functional groups attached to an aromatic ring is 1. The van der Waals surface area contributed by atoms with Gasteiger partial charge in [-0.2, -0.15) is 0 Å². The monoisotopic (exact) mass is 304 g/mol. The van der Waals surface area contributed by atoms with Crippen molar-refractivity contribution in [3.8, 4) is 0 Å². The van der Waals surface area contributed by atoms with E-state index in [1.54, 1.807) is 17.7 Å². The highest BCUT2D eigenvalue weighted by molar-refractivity contribution is 7.16. The van der Waals surface area contributed by atoms with Gasteiger partial charge >= 0.3 is 0 Å². The summed E-state index contributed by atoms with van der Waals surface area (Å²) in [6, 6.07) is 9.64. The predicted octanol–water partition coefficient (Wildman–Crippen LogP) is 4.10. The van der Waals surface area contributed by atoms with Crippen molar-refractivity contribution in [3.63, 3.8) is 0 Å². The molecule has 1 atom stereocenters. The molecule has 2 aromatic heterocycles. The number of thiophene rings is 1. The first-order valence-corrected chi connectivity index (χ1v) is 7.35. The first-order chi connectivity index (χ1) is 9.63. The van der Waals surface area contributed by atoms with Crippen molar-refractivity contribution < 1.29 is 0 Å². The fourth-order valence-electron chi connectivity index (χ4n) is 2.03. The Morgan fingerprint density at radius 1 is 1.25 bits per heavy atom. The van der Waals surface area contributed by atoms with E-state index in [0.29, 0.717) is 5.69 Å². The molecule has 6 heteroatoms. The molecule has 0 aliphatic rings. The van der Waals surface area contributed by atoms with Crippen LogP contribution in [0.4, 0.5) is 11.5 Å². The Kier molecular flexibility index (Phi) is 3.46. The summed E-state index contributed by atoms with van der Waals surface area (Å²) in [5.74, 6) is 0.777. The van der Waals surface area contributed by atoms with Gasteiger partial charge in [-0.05, 0) is 37.3 Å². The van der Waals surface area contributed by atoms with Crippen molar-refractivity contribution in [2.75, 3.05) is 11.1 Å². The highest BCUT2D eigenvalue weighted by atomic mass is 35.5. The number of hydrogen-bond acceptors (Lipinski definition) is 5. The molecule has 2 heterocycles. The summed E-state index contributed by atoms with van der Waals surface area (Å²) in [5.41, 5.74) is 7.40. The average Bonchev–Trinajstić information content (AvgIpc) is 2.86. The van der Waals surface area contributed by atoms with Gasteiger partial charge in [0.15, 0.2) is 0 Å². The average molecular weight is 305 g/mol. The number of benzene rings is 1. The van der Waals surface area contributed by atoms with E-state index in [9.17, 15) is 0 Å². The number of nitrogens with zero attached hydrogens (tertiary/aromatic N) is 2. The minimum Gasteiger partial charge on any atom is -0.399 e. The zero-order chi connectivity index (χ0) is 14.1. The molecular formula is C14H13ClN4S. The molecule has 0 saturated carbocycles. The van der Waals surface area contributed by atoms with Crippen LogP contribution in [-0.4, -0.2) is 9.97 Å². The summed E-state index contributed by atoms with van der Waals surface area (Å²) >= 11 is 7.53. The lowest BCUT2D eigenvalue weighted by molar-refractivity contribution is 0.898. The molecule has 3 aromatic rings. The first-order valence-electron chi connectivity index (χ1n) is 6.15. The van der Waals surface area contributed by atoms with Gasteiger partial charge in [0.2, 0.25) is 0 Å². The van der Waals surface area contributed by atoms with Crippen molar-refractivity contribution in [2.24, 2.45) is 0 Å². The van der Waals surface area contributed by atoms with Gasteiger partial charge in [-0.15, -0.1) is 11.3 Å². The summed E-state index contributed by atoms with van der Waals surface area (Å²) in [5, 5.41) is 4.31. The molecule has 20 heavy (non-hydrogen) atoms. The molecular weight excluding hydrogens is 292 g/mol. The van der Waals surface area contributed by atoms with Gasteiger partial charge in [-0.1, -0.05) is 11.6 Å². The largest absolute Gasteiger partial charge is 0.399 e.